The first-order chi connectivity index (χ1) is 11.1. The van der Waals surface area contributed by atoms with E-state index in [1.54, 1.807) is 19.0 Å². The van der Waals surface area contributed by atoms with Gasteiger partial charge >= 0.3 is 0 Å². The summed E-state index contributed by atoms with van der Waals surface area (Å²) in [7, 11) is 3.54. The zero-order chi connectivity index (χ0) is 16.3. The van der Waals surface area contributed by atoms with E-state index in [9.17, 15) is 4.79 Å². The molecule has 1 aromatic heterocycles. The number of ether oxygens (including phenoxy) is 1. The van der Waals surface area contributed by atoms with Crippen LogP contribution in [-0.2, 0) is 16.1 Å². The number of hydrogen-bond donors (Lipinski definition) is 0. The molecule has 0 spiro atoms. The number of aromatic nitrogens is 1. The Morgan fingerprint density at radius 3 is 3.09 bits per heavy atom. The van der Waals surface area contributed by atoms with Crippen LogP contribution in [-0.4, -0.2) is 61.1 Å². The highest BCUT2D eigenvalue weighted by molar-refractivity contribution is 5.76. The van der Waals surface area contributed by atoms with Gasteiger partial charge in [0.05, 0.1) is 12.3 Å². The van der Waals surface area contributed by atoms with Crippen molar-refractivity contribution in [2.75, 3.05) is 40.4 Å². The van der Waals surface area contributed by atoms with Gasteiger partial charge in [0.15, 0.2) is 0 Å². The predicted octanol–water partition coefficient (Wildman–Crippen LogP) is 1.79. The van der Waals surface area contributed by atoms with Gasteiger partial charge < -0.3 is 9.64 Å². The summed E-state index contributed by atoms with van der Waals surface area (Å²) in [5.74, 6) is 0.736. The van der Waals surface area contributed by atoms with Gasteiger partial charge in [0, 0.05) is 45.3 Å². The van der Waals surface area contributed by atoms with Crippen LogP contribution in [0.25, 0.3) is 0 Å². The van der Waals surface area contributed by atoms with Crippen LogP contribution in [0.1, 0.15) is 25.0 Å². The molecule has 1 aliphatic heterocycles. The summed E-state index contributed by atoms with van der Waals surface area (Å²) in [6.45, 7) is 4.00. The second-order valence-electron chi connectivity index (χ2n) is 7.22. The molecule has 0 radical (unpaired) electrons. The van der Waals surface area contributed by atoms with Gasteiger partial charge in [-0.1, -0.05) is 12.5 Å². The van der Waals surface area contributed by atoms with E-state index in [2.05, 4.69) is 16.0 Å². The molecule has 0 aromatic carbocycles. The van der Waals surface area contributed by atoms with Crippen LogP contribution in [0.3, 0.4) is 0 Å². The zero-order valence-electron chi connectivity index (χ0n) is 14.2. The number of carbonyl (C=O) groups excluding carboxylic acids is 1. The van der Waals surface area contributed by atoms with Gasteiger partial charge in [-0.15, -0.1) is 0 Å². The van der Waals surface area contributed by atoms with E-state index >= 15 is 0 Å². The first kappa shape index (κ1) is 16.4. The summed E-state index contributed by atoms with van der Waals surface area (Å²) in [5, 5.41) is 0. The first-order valence-corrected chi connectivity index (χ1v) is 8.49. The number of likely N-dealkylation sites (N-methyl/N-ethyl adjacent to an activating group) is 1. The number of amides is 1. The number of hydrogen-bond acceptors (Lipinski definition) is 4. The van der Waals surface area contributed by atoms with Gasteiger partial charge in [0.2, 0.25) is 5.91 Å². The van der Waals surface area contributed by atoms with Crippen molar-refractivity contribution in [1.82, 2.24) is 14.8 Å². The Kier molecular flexibility index (Phi) is 4.97. The molecule has 1 saturated heterocycles. The Morgan fingerprint density at radius 2 is 2.35 bits per heavy atom. The average molecular weight is 317 g/mol. The van der Waals surface area contributed by atoms with E-state index in [0.29, 0.717) is 12.5 Å². The lowest BCUT2D eigenvalue weighted by Gasteiger charge is -2.29. The maximum absolute atomic E-state index is 11.7. The number of fused-ring (bicyclic) bond motifs is 1. The van der Waals surface area contributed by atoms with Crippen molar-refractivity contribution in [3.05, 3.63) is 30.1 Å². The number of rotatable bonds is 6. The molecule has 2 fully saturated rings. The highest BCUT2D eigenvalue weighted by atomic mass is 16.5. The average Bonchev–Trinajstić information content (AvgIpc) is 3.04. The highest BCUT2D eigenvalue weighted by Crippen LogP contribution is 2.49. The third kappa shape index (κ3) is 3.72. The monoisotopic (exact) mass is 317 g/mol. The van der Waals surface area contributed by atoms with Crippen molar-refractivity contribution in [2.24, 2.45) is 11.3 Å². The molecule has 0 unspecified atom stereocenters. The smallest absolute Gasteiger partial charge is 0.248 e. The second kappa shape index (κ2) is 6.97. The van der Waals surface area contributed by atoms with Gasteiger partial charge in [-0.25, -0.2) is 0 Å². The molecule has 0 N–H and O–H groups in total. The first-order valence-electron chi connectivity index (χ1n) is 8.49. The van der Waals surface area contributed by atoms with E-state index in [-0.39, 0.29) is 17.9 Å². The van der Waals surface area contributed by atoms with Gasteiger partial charge in [-0.05, 0) is 30.9 Å². The topological polar surface area (TPSA) is 45.7 Å². The van der Waals surface area contributed by atoms with Crippen molar-refractivity contribution >= 4 is 5.91 Å². The van der Waals surface area contributed by atoms with Gasteiger partial charge in [-0.2, -0.15) is 0 Å². The molecule has 1 saturated carbocycles. The van der Waals surface area contributed by atoms with Gasteiger partial charge in [0.25, 0.3) is 0 Å². The van der Waals surface area contributed by atoms with Gasteiger partial charge in [-0.3, -0.25) is 14.7 Å². The molecule has 126 valence electrons. The van der Waals surface area contributed by atoms with Crippen LogP contribution in [0.2, 0.25) is 0 Å². The minimum Gasteiger partial charge on any atom is -0.371 e. The molecular formula is C18H27N3O2. The third-order valence-electron chi connectivity index (χ3n) is 5.34. The van der Waals surface area contributed by atoms with Crippen LogP contribution in [0.4, 0.5) is 0 Å². The molecule has 2 aliphatic rings. The van der Waals surface area contributed by atoms with Crippen LogP contribution in [0, 0.1) is 11.3 Å². The number of pyridine rings is 1. The lowest BCUT2D eigenvalue weighted by molar-refractivity contribution is -0.135. The Balaban J connectivity index is 1.56. The fraction of sp³-hybridized carbons (Fsp3) is 0.667. The normalized spacial score (nSPS) is 27.1. The zero-order valence-corrected chi connectivity index (χ0v) is 14.2. The molecule has 2 heterocycles. The van der Waals surface area contributed by atoms with Crippen molar-refractivity contribution in [3.8, 4) is 0 Å². The summed E-state index contributed by atoms with van der Waals surface area (Å²) in [6.07, 6.45) is 5.64. The Morgan fingerprint density at radius 1 is 1.48 bits per heavy atom. The molecular weight excluding hydrogens is 290 g/mol. The lowest BCUT2D eigenvalue weighted by Crippen LogP contribution is -2.34. The van der Waals surface area contributed by atoms with Crippen molar-refractivity contribution in [1.29, 1.82) is 0 Å². The Bertz CT molecular complexity index is 534. The summed E-state index contributed by atoms with van der Waals surface area (Å²) >= 11 is 0. The molecule has 1 aromatic rings. The van der Waals surface area contributed by atoms with E-state index < -0.39 is 0 Å². The van der Waals surface area contributed by atoms with Crippen molar-refractivity contribution in [2.45, 2.75) is 25.8 Å². The van der Waals surface area contributed by atoms with Crippen molar-refractivity contribution in [3.63, 3.8) is 0 Å². The standard InChI is InChI=1S/C18H27N3O2/c1-20(2)17(22)12-23-14-18-8-5-6-15(18)10-21(13-18)11-16-7-3-4-9-19-16/h3-4,7,9,15H,5-6,8,10-14H2,1-2H3/t15-,18+/m1/s1. The number of nitrogens with zero attached hydrogens (tertiary/aromatic N) is 3. The molecule has 3 rings (SSSR count). The molecule has 2 atom stereocenters. The number of likely N-dealkylation sites (tertiary alicyclic amines) is 1. The van der Waals surface area contributed by atoms with Gasteiger partial charge in [0.1, 0.15) is 6.61 Å². The van der Waals surface area contributed by atoms with E-state index in [1.807, 2.05) is 18.3 Å². The fourth-order valence-corrected chi connectivity index (χ4v) is 4.07. The maximum atomic E-state index is 11.7. The Hall–Kier alpha value is -1.46. The van der Waals surface area contributed by atoms with Crippen LogP contribution in [0.5, 0.6) is 0 Å². The van der Waals surface area contributed by atoms with E-state index in [1.165, 1.54) is 19.3 Å². The summed E-state index contributed by atoms with van der Waals surface area (Å²) in [6, 6.07) is 6.09. The summed E-state index contributed by atoms with van der Waals surface area (Å²) in [4.78, 5) is 20.2. The summed E-state index contributed by atoms with van der Waals surface area (Å²) in [5.41, 5.74) is 1.37. The lowest BCUT2D eigenvalue weighted by atomic mass is 9.81. The molecule has 1 amide bonds. The third-order valence-corrected chi connectivity index (χ3v) is 5.34. The molecule has 5 nitrogen and oxygen atoms in total. The molecule has 1 aliphatic carbocycles. The molecule has 5 heteroatoms. The van der Waals surface area contributed by atoms with Crippen LogP contribution in [0.15, 0.2) is 24.4 Å². The number of carbonyl (C=O) groups is 1. The minimum atomic E-state index is 0.0410. The predicted molar refractivity (Wildman–Crippen MR) is 88.8 cm³/mol. The Labute approximate surface area is 138 Å². The minimum absolute atomic E-state index is 0.0410. The van der Waals surface area contributed by atoms with Crippen LogP contribution < -0.4 is 0 Å². The van der Waals surface area contributed by atoms with Crippen LogP contribution >= 0.6 is 0 Å². The van der Waals surface area contributed by atoms with E-state index in [0.717, 1.165) is 25.3 Å². The second-order valence-corrected chi connectivity index (χ2v) is 7.22. The summed E-state index contributed by atoms with van der Waals surface area (Å²) < 4.78 is 5.81. The van der Waals surface area contributed by atoms with E-state index in [4.69, 9.17) is 4.74 Å². The molecule has 0 bridgehead atoms. The fourth-order valence-electron chi connectivity index (χ4n) is 4.07. The maximum Gasteiger partial charge on any atom is 0.248 e. The highest BCUT2D eigenvalue weighted by Gasteiger charge is 2.49. The van der Waals surface area contributed by atoms with Crippen molar-refractivity contribution < 1.29 is 9.53 Å². The quantitative estimate of drug-likeness (QED) is 0.802. The molecule has 23 heavy (non-hydrogen) atoms. The largest absolute Gasteiger partial charge is 0.371 e. The SMILES string of the molecule is CN(C)C(=O)COC[C@@]12CCC[C@@H]1CN(Cc1ccccn1)C2.